The average molecular weight is 237 g/mol. The molecule has 0 aromatic carbocycles. The smallest absolute Gasteiger partial charge is 0.240 e. The number of nitrogens with zero attached hydrogens (tertiary/aromatic N) is 3. The van der Waals surface area contributed by atoms with Crippen molar-refractivity contribution in [3.8, 4) is 6.07 Å². The minimum absolute atomic E-state index is 0.0698. The molecule has 4 nitrogen and oxygen atoms in total. The van der Waals surface area contributed by atoms with E-state index < -0.39 is 0 Å². The zero-order valence-electron chi connectivity index (χ0n) is 11.5. The maximum absolute atomic E-state index is 12.2. The van der Waals surface area contributed by atoms with E-state index in [1.807, 2.05) is 7.05 Å². The first-order valence-corrected chi connectivity index (χ1v) is 6.25. The molecule has 0 radical (unpaired) electrons. The molecule has 0 N–H and O–H groups in total. The predicted molar refractivity (Wildman–Crippen MR) is 67.3 cm³/mol. The molecule has 2 atom stereocenters. The first kappa shape index (κ1) is 14.0. The Bertz CT molecular complexity index is 332. The maximum Gasteiger partial charge on any atom is 0.240 e. The molecule has 1 aliphatic rings. The summed E-state index contributed by atoms with van der Waals surface area (Å²) >= 11 is 0. The van der Waals surface area contributed by atoms with Crippen molar-refractivity contribution >= 4 is 5.91 Å². The van der Waals surface area contributed by atoms with Gasteiger partial charge < -0.3 is 4.90 Å². The summed E-state index contributed by atoms with van der Waals surface area (Å²) in [6, 6.07) is 2.18. The van der Waals surface area contributed by atoms with E-state index in [1.54, 1.807) is 4.90 Å². The van der Waals surface area contributed by atoms with Gasteiger partial charge in [0, 0.05) is 25.2 Å². The minimum atomic E-state index is -0.288. The van der Waals surface area contributed by atoms with Crippen LogP contribution in [-0.4, -0.2) is 46.9 Å². The van der Waals surface area contributed by atoms with Crippen LogP contribution in [0.5, 0.6) is 0 Å². The molecule has 17 heavy (non-hydrogen) atoms. The number of amides is 1. The third-order valence-electron chi connectivity index (χ3n) is 3.67. The van der Waals surface area contributed by atoms with Crippen LogP contribution in [0, 0.1) is 11.3 Å². The van der Waals surface area contributed by atoms with Crippen LogP contribution in [0.1, 0.15) is 40.5 Å². The van der Waals surface area contributed by atoms with Crippen molar-refractivity contribution in [2.45, 2.75) is 58.2 Å². The Morgan fingerprint density at radius 2 is 2.18 bits per heavy atom. The summed E-state index contributed by atoms with van der Waals surface area (Å²) in [5.74, 6) is 0.0752. The lowest BCUT2D eigenvalue weighted by atomic mass is 9.90. The van der Waals surface area contributed by atoms with Crippen molar-refractivity contribution < 1.29 is 4.79 Å². The number of rotatable bonds is 3. The van der Waals surface area contributed by atoms with Gasteiger partial charge >= 0.3 is 0 Å². The standard InChI is InChI=1S/C13H23N3O/c1-6-10(2)16-11(7-8-14)12(17)15(5)9-13(16,3)4/h10-11H,6-7,9H2,1-5H3. The summed E-state index contributed by atoms with van der Waals surface area (Å²) in [5, 5.41) is 8.92. The van der Waals surface area contributed by atoms with Gasteiger partial charge in [0.2, 0.25) is 5.91 Å². The number of likely N-dealkylation sites (N-methyl/N-ethyl adjacent to an activating group) is 1. The fourth-order valence-electron chi connectivity index (χ4n) is 2.91. The average Bonchev–Trinajstić information content (AvgIpc) is 2.24. The van der Waals surface area contributed by atoms with Crippen molar-refractivity contribution in [2.75, 3.05) is 13.6 Å². The van der Waals surface area contributed by atoms with Gasteiger partial charge in [0.25, 0.3) is 0 Å². The molecule has 1 rings (SSSR count). The Kier molecular flexibility index (Phi) is 4.16. The van der Waals surface area contributed by atoms with Gasteiger partial charge in [-0.1, -0.05) is 6.92 Å². The van der Waals surface area contributed by atoms with Crippen LogP contribution in [0.3, 0.4) is 0 Å². The number of piperazine rings is 1. The highest BCUT2D eigenvalue weighted by Crippen LogP contribution is 2.30. The summed E-state index contributed by atoms with van der Waals surface area (Å²) in [6.07, 6.45) is 1.26. The first-order chi connectivity index (χ1) is 7.85. The van der Waals surface area contributed by atoms with Crippen LogP contribution in [0.15, 0.2) is 0 Å². The minimum Gasteiger partial charge on any atom is -0.343 e. The largest absolute Gasteiger partial charge is 0.343 e. The fourth-order valence-corrected chi connectivity index (χ4v) is 2.91. The molecule has 1 saturated heterocycles. The maximum atomic E-state index is 12.2. The van der Waals surface area contributed by atoms with Crippen LogP contribution in [-0.2, 0) is 4.79 Å². The second-order valence-corrected chi connectivity index (χ2v) is 5.55. The van der Waals surface area contributed by atoms with E-state index in [-0.39, 0.29) is 23.9 Å². The van der Waals surface area contributed by atoms with Gasteiger partial charge in [-0.05, 0) is 27.2 Å². The van der Waals surface area contributed by atoms with E-state index in [0.29, 0.717) is 6.04 Å². The van der Waals surface area contributed by atoms with Crippen molar-refractivity contribution in [2.24, 2.45) is 0 Å². The third-order valence-corrected chi connectivity index (χ3v) is 3.67. The molecule has 1 fully saturated rings. The fraction of sp³-hybridized carbons (Fsp3) is 0.846. The number of hydrogen-bond acceptors (Lipinski definition) is 3. The summed E-state index contributed by atoms with van der Waals surface area (Å²) in [5.41, 5.74) is -0.0698. The molecule has 1 amide bonds. The molecule has 0 spiro atoms. The second-order valence-electron chi connectivity index (χ2n) is 5.55. The highest BCUT2D eigenvalue weighted by molar-refractivity contribution is 5.83. The topological polar surface area (TPSA) is 47.3 Å². The highest BCUT2D eigenvalue weighted by Gasteiger charge is 2.45. The summed E-state index contributed by atoms with van der Waals surface area (Å²) in [7, 11) is 1.82. The molecular formula is C13H23N3O. The van der Waals surface area contributed by atoms with Crippen molar-refractivity contribution in [3.63, 3.8) is 0 Å². The number of carbonyl (C=O) groups excluding carboxylic acids is 1. The van der Waals surface area contributed by atoms with Gasteiger partial charge in [0.15, 0.2) is 0 Å². The summed E-state index contributed by atoms with van der Waals surface area (Å²) in [6.45, 7) is 9.26. The molecule has 1 heterocycles. The zero-order chi connectivity index (χ0) is 13.2. The molecule has 1 aliphatic heterocycles. The molecule has 4 heteroatoms. The molecule has 0 saturated carbocycles. The van der Waals surface area contributed by atoms with Gasteiger partial charge in [-0.2, -0.15) is 5.26 Å². The molecule has 96 valence electrons. The van der Waals surface area contributed by atoms with Crippen LogP contribution in [0.25, 0.3) is 0 Å². The molecule has 2 unspecified atom stereocenters. The quantitative estimate of drug-likeness (QED) is 0.749. The Labute approximate surface area is 104 Å². The van der Waals surface area contributed by atoms with E-state index >= 15 is 0 Å². The van der Waals surface area contributed by atoms with Gasteiger partial charge in [-0.3, -0.25) is 9.69 Å². The normalized spacial score (nSPS) is 26.7. The van der Waals surface area contributed by atoms with E-state index in [1.165, 1.54) is 0 Å². The van der Waals surface area contributed by atoms with E-state index in [4.69, 9.17) is 5.26 Å². The molecular weight excluding hydrogens is 214 g/mol. The van der Waals surface area contributed by atoms with Gasteiger partial charge in [0.1, 0.15) is 6.04 Å². The highest BCUT2D eigenvalue weighted by atomic mass is 16.2. The Morgan fingerprint density at radius 3 is 2.65 bits per heavy atom. The lowest BCUT2D eigenvalue weighted by molar-refractivity contribution is -0.150. The van der Waals surface area contributed by atoms with Crippen molar-refractivity contribution in [1.82, 2.24) is 9.80 Å². The van der Waals surface area contributed by atoms with E-state index in [2.05, 4.69) is 38.7 Å². The second kappa shape index (κ2) is 5.05. The van der Waals surface area contributed by atoms with Gasteiger partial charge in [-0.25, -0.2) is 0 Å². The van der Waals surface area contributed by atoms with Gasteiger partial charge in [-0.15, -0.1) is 0 Å². The zero-order valence-corrected chi connectivity index (χ0v) is 11.5. The molecule has 0 aliphatic carbocycles. The van der Waals surface area contributed by atoms with E-state index in [0.717, 1.165) is 13.0 Å². The Hall–Kier alpha value is -1.08. The van der Waals surface area contributed by atoms with E-state index in [9.17, 15) is 4.79 Å². The molecule has 0 bridgehead atoms. The summed E-state index contributed by atoms with van der Waals surface area (Å²) < 4.78 is 0. The van der Waals surface area contributed by atoms with Crippen LogP contribution in [0.4, 0.5) is 0 Å². The SMILES string of the molecule is CCC(C)N1C(CC#N)C(=O)N(C)CC1(C)C. The van der Waals surface area contributed by atoms with Gasteiger partial charge in [0.05, 0.1) is 12.5 Å². The number of hydrogen-bond donors (Lipinski definition) is 0. The van der Waals surface area contributed by atoms with Crippen LogP contribution >= 0.6 is 0 Å². The van der Waals surface area contributed by atoms with Crippen LogP contribution in [0.2, 0.25) is 0 Å². The third kappa shape index (κ3) is 2.61. The summed E-state index contributed by atoms with van der Waals surface area (Å²) in [4.78, 5) is 16.1. The number of carbonyl (C=O) groups is 1. The molecule has 0 aromatic rings. The lowest BCUT2D eigenvalue weighted by Gasteiger charge is -2.52. The lowest BCUT2D eigenvalue weighted by Crippen LogP contribution is -2.67. The molecule has 0 aromatic heterocycles. The van der Waals surface area contributed by atoms with Crippen molar-refractivity contribution in [3.05, 3.63) is 0 Å². The first-order valence-electron chi connectivity index (χ1n) is 6.25. The Balaban J connectivity index is 3.08. The monoisotopic (exact) mass is 237 g/mol. The predicted octanol–water partition coefficient (Wildman–Crippen LogP) is 1.62. The van der Waals surface area contributed by atoms with Crippen LogP contribution < -0.4 is 0 Å². The Morgan fingerprint density at radius 1 is 1.59 bits per heavy atom. The number of nitriles is 1. The van der Waals surface area contributed by atoms with Crippen molar-refractivity contribution in [1.29, 1.82) is 5.26 Å².